The zero-order chi connectivity index (χ0) is 26.8. The quantitative estimate of drug-likeness (QED) is 0.319. The van der Waals surface area contributed by atoms with Gasteiger partial charge in [0.1, 0.15) is 0 Å². The molecular weight excluding hydrogens is 468 g/mol. The summed E-state index contributed by atoms with van der Waals surface area (Å²) in [5.74, 6) is 0. The van der Waals surface area contributed by atoms with Gasteiger partial charge in [0.15, 0.2) is 0 Å². The summed E-state index contributed by atoms with van der Waals surface area (Å²) in [6.45, 7) is 0. The lowest BCUT2D eigenvalue weighted by Crippen LogP contribution is -1.98. The standard InChI is InChI=1S/C39H60/c1-4-10-16-22-34-28-29-38-26-20-14-8-2-6-12-18-24-36-30-35(23-17-11-5-1)31-37(32-36)25-19-13-7-3-9-15-21-27-39(38)33-34/h28-33H,1-27H2. The SMILES string of the molecule is c1cc2c3cc1CCCCCCCCCc1cc(cc(c1)CCCCCCCCC3)CCCCCCCCC2. The molecule has 2 aliphatic rings. The van der Waals surface area contributed by atoms with Gasteiger partial charge in [0.25, 0.3) is 0 Å². The number of benzene rings is 2. The van der Waals surface area contributed by atoms with Gasteiger partial charge in [-0.05, 0) is 110 Å². The van der Waals surface area contributed by atoms with Crippen molar-refractivity contribution in [2.45, 2.75) is 173 Å². The van der Waals surface area contributed by atoms with Crippen molar-refractivity contribution in [1.82, 2.24) is 0 Å². The van der Waals surface area contributed by atoms with Crippen LogP contribution in [0.4, 0.5) is 0 Å². The third-order valence-electron chi connectivity index (χ3n) is 9.64. The minimum absolute atomic E-state index is 1.28. The second-order valence-electron chi connectivity index (χ2n) is 13.2. The van der Waals surface area contributed by atoms with Crippen LogP contribution in [-0.2, 0) is 38.5 Å². The Bertz CT molecular complexity index is 921. The van der Waals surface area contributed by atoms with E-state index >= 15 is 0 Å². The fourth-order valence-electron chi connectivity index (χ4n) is 7.18. The first-order valence-corrected chi connectivity index (χ1v) is 17.6. The summed E-state index contributed by atoms with van der Waals surface area (Å²) in [6.07, 6.45) is 37.3. The van der Waals surface area contributed by atoms with Gasteiger partial charge in [-0.25, -0.2) is 0 Å². The van der Waals surface area contributed by atoms with Crippen molar-refractivity contribution in [3.63, 3.8) is 0 Å². The van der Waals surface area contributed by atoms with Crippen LogP contribution >= 0.6 is 0 Å². The van der Waals surface area contributed by atoms with Crippen molar-refractivity contribution in [1.29, 1.82) is 0 Å². The first-order valence-electron chi connectivity index (χ1n) is 17.6. The average molecular weight is 529 g/mol. The van der Waals surface area contributed by atoms with Gasteiger partial charge in [0.05, 0.1) is 0 Å². The van der Waals surface area contributed by atoms with Gasteiger partial charge >= 0.3 is 0 Å². The van der Waals surface area contributed by atoms with Crippen molar-refractivity contribution >= 4 is 0 Å². The Morgan fingerprint density at radius 3 is 0.949 bits per heavy atom. The number of fused-ring (bicyclic) bond motifs is 11. The Morgan fingerprint density at radius 1 is 0.231 bits per heavy atom. The van der Waals surface area contributed by atoms with Crippen molar-refractivity contribution in [3.8, 4) is 0 Å². The van der Waals surface area contributed by atoms with Gasteiger partial charge in [0, 0.05) is 0 Å². The highest BCUT2D eigenvalue weighted by Crippen LogP contribution is 2.23. The number of hydrogen-bond donors (Lipinski definition) is 0. The molecule has 4 rings (SSSR count). The molecule has 5 bridgehead atoms. The van der Waals surface area contributed by atoms with Crippen molar-refractivity contribution in [3.05, 3.63) is 69.8 Å². The summed E-state index contributed by atoms with van der Waals surface area (Å²) >= 11 is 0. The van der Waals surface area contributed by atoms with Gasteiger partial charge in [-0.3, -0.25) is 0 Å². The smallest absolute Gasteiger partial charge is 0.0276 e. The molecule has 216 valence electrons. The summed E-state index contributed by atoms with van der Waals surface area (Å²) < 4.78 is 0. The molecule has 0 amide bonds. The minimum Gasteiger partial charge on any atom is -0.0588 e. The maximum Gasteiger partial charge on any atom is -0.0276 e. The summed E-state index contributed by atoms with van der Waals surface area (Å²) in [5, 5.41) is 0. The predicted molar refractivity (Wildman–Crippen MR) is 172 cm³/mol. The molecule has 0 aromatic heterocycles. The van der Waals surface area contributed by atoms with E-state index in [4.69, 9.17) is 0 Å². The van der Waals surface area contributed by atoms with Crippen LogP contribution in [0.15, 0.2) is 36.4 Å². The first-order chi connectivity index (χ1) is 19.4. The molecule has 0 spiro atoms. The monoisotopic (exact) mass is 528 g/mol. The lowest BCUT2D eigenvalue weighted by molar-refractivity contribution is 0.574. The highest BCUT2D eigenvalue weighted by Gasteiger charge is 2.07. The Kier molecular flexibility index (Phi) is 14.6. The molecule has 2 aromatic rings. The molecule has 2 aromatic carbocycles. The number of aryl methyl sites for hydroxylation is 6. The van der Waals surface area contributed by atoms with E-state index in [0.29, 0.717) is 0 Å². The van der Waals surface area contributed by atoms with Crippen LogP contribution in [0.3, 0.4) is 0 Å². The van der Waals surface area contributed by atoms with E-state index < -0.39 is 0 Å². The molecule has 0 N–H and O–H groups in total. The van der Waals surface area contributed by atoms with E-state index in [1.807, 2.05) is 0 Å². The highest BCUT2D eigenvalue weighted by molar-refractivity contribution is 5.33. The van der Waals surface area contributed by atoms with Gasteiger partial charge in [-0.2, -0.15) is 0 Å². The van der Waals surface area contributed by atoms with E-state index in [1.54, 1.807) is 33.4 Å². The molecule has 0 heteroatoms. The Balaban J connectivity index is 1.45. The zero-order valence-corrected chi connectivity index (χ0v) is 25.6. The molecule has 2 aliphatic carbocycles. The second kappa shape index (κ2) is 18.7. The van der Waals surface area contributed by atoms with Crippen molar-refractivity contribution in [2.24, 2.45) is 0 Å². The zero-order valence-electron chi connectivity index (χ0n) is 25.6. The molecule has 39 heavy (non-hydrogen) atoms. The molecule has 0 saturated heterocycles. The first kappa shape index (κ1) is 30.4. The summed E-state index contributed by atoms with van der Waals surface area (Å²) in [7, 11) is 0. The van der Waals surface area contributed by atoms with Gasteiger partial charge < -0.3 is 0 Å². The molecule has 0 atom stereocenters. The Morgan fingerprint density at radius 2 is 0.538 bits per heavy atom. The topological polar surface area (TPSA) is 0 Å². The van der Waals surface area contributed by atoms with E-state index in [1.165, 1.54) is 173 Å². The Hall–Kier alpha value is -1.56. The van der Waals surface area contributed by atoms with Crippen LogP contribution in [0.2, 0.25) is 0 Å². The van der Waals surface area contributed by atoms with Crippen LogP contribution in [0.25, 0.3) is 0 Å². The van der Waals surface area contributed by atoms with Crippen molar-refractivity contribution in [2.75, 3.05) is 0 Å². The fourth-order valence-corrected chi connectivity index (χ4v) is 7.18. The largest absolute Gasteiger partial charge is 0.0588 e. The number of rotatable bonds is 0. The van der Waals surface area contributed by atoms with E-state index in [-0.39, 0.29) is 0 Å². The third kappa shape index (κ3) is 12.2. The van der Waals surface area contributed by atoms with Crippen LogP contribution in [0.5, 0.6) is 0 Å². The van der Waals surface area contributed by atoms with Gasteiger partial charge in [-0.1, -0.05) is 133 Å². The van der Waals surface area contributed by atoms with E-state index in [2.05, 4.69) is 36.4 Å². The normalized spacial score (nSPS) is 20.6. The van der Waals surface area contributed by atoms with Crippen LogP contribution in [-0.4, -0.2) is 0 Å². The maximum absolute atomic E-state index is 2.62. The van der Waals surface area contributed by atoms with E-state index in [0.717, 1.165) is 0 Å². The van der Waals surface area contributed by atoms with Gasteiger partial charge in [-0.15, -0.1) is 0 Å². The molecule has 0 radical (unpaired) electrons. The molecular formula is C39H60. The van der Waals surface area contributed by atoms with Crippen LogP contribution < -0.4 is 0 Å². The predicted octanol–water partition coefficient (Wildman–Crippen LogP) is 11.9. The molecule has 0 fully saturated rings. The summed E-state index contributed by atoms with van der Waals surface area (Å²) in [6, 6.07) is 15.3. The van der Waals surface area contributed by atoms with E-state index in [9.17, 15) is 0 Å². The van der Waals surface area contributed by atoms with Crippen LogP contribution in [0, 0.1) is 0 Å². The Labute approximate surface area is 242 Å². The minimum atomic E-state index is 1.28. The molecule has 0 nitrogen and oxygen atoms in total. The average Bonchev–Trinajstić information content (AvgIpc) is 2.94. The highest BCUT2D eigenvalue weighted by atomic mass is 14.1. The lowest BCUT2D eigenvalue weighted by atomic mass is 9.93. The fraction of sp³-hybridized carbons (Fsp3) is 0.692. The summed E-state index contributed by atoms with van der Waals surface area (Å²) in [4.78, 5) is 0. The summed E-state index contributed by atoms with van der Waals surface area (Å²) in [5.41, 5.74) is 9.87. The molecule has 0 aliphatic heterocycles. The lowest BCUT2D eigenvalue weighted by Gasteiger charge is -2.13. The number of hydrogen-bond acceptors (Lipinski definition) is 0. The molecule has 0 saturated carbocycles. The van der Waals surface area contributed by atoms with Crippen molar-refractivity contribution < 1.29 is 0 Å². The molecule has 0 unspecified atom stereocenters. The molecule has 0 heterocycles. The third-order valence-corrected chi connectivity index (χ3v) is 9.64. The second-order valence-corrected chi connectivity index (χ2v) is 13.2. The maximum atomic E-state index is 2.62. The van der Waals surface area contributed by atoms with Gasteiger partial charge in [0.2, 0.25) is 0 Å². The van der Waals surface area contributed by atoms with Crippen LogP contribution in [0.1, 0.15) is 168 Å².